The number of sulfone groups is 1. The maximum absolute atomic E-state index is 12.2. The second kappa shape index (κ2) is 7.69. The van der Waals surface area contributed by atoms with Crippen LogP contribution in [0.25, 0.3) is 0 Å². The summed E-state index contributed by atoms with van der Waals surface area (Å²) in [6.07, 6.45) is 1.07. The van der Waals surface area contributed by atoms with Crippen molar-refractivity contribution >= 4 is 27.4 Å². The number of carbonyl (C=O) groups excluding carboxylic acids is 2. The SMILES string of the molecule is Cc1noc(C(C)C)c1C(=O)OCC(=O)Nc1cccc(S(C)(=O)=O)c1. The molecule has 1 N–H and O–H groups in total. The maximum atomic E-state index is 12.2. The average Bonchev–Trinajstić information content (AvgIpc) is 2.94. The number of hydrogen-bond acceptors (Lipinski definition) is 7. The number of nitrogens with zero attached hydrogens (tertiary/aromatic N) is 1. The van der Waals surface area contributed by atoms with Crippen LogP contribution in [-0.2, 0) is 19.4 Å². The first-order valence-corrected chi connectivity index (χ1v) is 9.72. The standard InChI is InChI=1S/C17H20N2O6S/c1-10(2)16-15(11(3)19-25-16)17(21)24-9-14(20)18-12-6-5-7-13(8-12)26(4,22)23/h5-8,10H,9H2,1-4H3,(H,18,20). The van der Waals surface area contributed by atoms with Gasteiger partial charge in [-0.2, -0.15) is 0 Å². The van der Waals surface area contributed by atoms with Crippen LogP contribution < -0.4 is 5.32 Å². The number of rotatable bonds is 6. The first kappa shape index (κ1) is 19.6. The Morgan fingerprint density at radius 1 is 1.31 bits per heavy atom. The normalized spacial score (nSPS) is 11.4. The van der Waals surface area contributed by atoms with E-state index in [9.17, 15) is 18.0 Å². The molecule has 8 nitrogen and oxygen atoms in total. The van der Waals surface area contributed by atoms with Crippen molar-refractivity contribution in [3.05, 3.63) is 41.3 Å². The minimum Gasteiger partial charge on any atom is -0.452 e. The molecule has 2 rings (SSSR count). The van der Waals surface area contributed by atoms with E-state index in [1.165, 1.54) is 24.3 Å². The van der Waals surface area contributed by atoms with Crippen LogP contribution >= 0.6 is 0 Å². The molecule has 0 saturated carbocycles. The summed E-state index contributed by atoms with van der Waals surface area (Å²) in [5, 5.41) is 6.24. The Hall–Kier alpha value is -2.68. The molecule has 0 unspecified atom stereocenters. The third-order valence-corrected chi connectivity index (χ3v) is 4.61. The predicted molar refractivity (Wildman–Crippen MR) is 93.8 cm³/mol. The van der Waals surface area contributed by atoms with Gasteiger partial charge in [-0.15, -0.1) is 0 Å². The Morgan fingerprint density at radius 2 is 2.00 bits per heavy atom. The lowest BCUT2D eigenvalue weighted by Crippen LogP contribution is -2.21. The van der Waals surface area contributed by atoms with Crippen molar-refractivity contribution in [1.29, 1.82) is 0 Å². The molecule has 0 atom stereocenters. The smallest absolute Gasteiger partial charge is 0.344 e. The highest BCUT2D eigenvalue weighted by Crippen LogP contribution is 2.23. The van der Waals surface area contributed by atoms with E-state index < -0.39 is 28.3 Å². The number of aryl methyl sites for hydroxylation is 1. The molecule has 1 heterocycles. The molecule has 1 amide bonds. The van der Waals surface area contributed by atoms with E-state index in [2.05, 4.69) is 10.5 Å². The van der Waals surface area contributed by atoms with Crippen LogP contribution in [0.15, 0.2) is 33.7 Å². The number of esters is 1. The van der Waals surface area contributed by atoms with Crippen molar-refractivity contribution < 1.29 is 27.3 Å². The van der Waals surface area contributed by atoms with Gasteiger partial charge in [0.2, 0.25) is 0 Å². The molecule has 0 saturated heterocycles. The molecule has 1 aromatic carbocycles. The largest absolute Gasteiger partial charge is 0.452 e. The summed E-state index contributed by atoms with van der Waals surface area (Å²) in [6.45, 7) is 4.78. The molecule has 0 spiro atoms. The Kier molecular flexibility index (Phi) is 5.81. The van der Waals surface area contributed by atoms with E-state index in [1.807, 2.05) is 13.8 Å². The zero-order chi connectivity index (χ0) is 19.5. The average molecular weight is 380 g/mol. The molecule has 26 heavy (non-hydrogen) atoms. The second-order valence-corrected chi connectivity index (χ2v) is 8.10. The van der Waals surface area contributed by atoms with Gasteiger partial charge >= 0.3 is 5.97 Å². The Morgan fingerprint density at radius 3 is 2.62 bits per heavy atom. The van der Waals surface area contributed by atoms with Gasteiger partial charge in [-0.1, -0.05) is 25.1 Å². The van der Waals surface area contributed by atoms with E-state index in [0.29, 0.717) is 11.5 Å². The van der Waals surface area contributed by atoms with Crippen LogP contribution in [0.1, 0.15) is 41.6 Å². The van der Waals surface area contributed by atoms with Crippen LogP contribution in [-0.4, -0.2) is 38.3 Å². The van der Waals surface area contributed by atoms with Crippen LogP contribution in [0.5, 0.6) is 0 Å². The highest BCUT2D eigenvalue weighted by Gasteiger charge is 2.24. The molecular weight excluding hydrogens is 360 g/mol. The highest BCUT2D eigenvalue weighted by atomic mass is 32.2. The van der Waals surface area contributed by atoms with E-state index in [0.717, 1.165) is 6.26 Å². The van der Waals surface area contributed by atoms with Gasteiger partial charge in [-0.25, -0.2) is 13.2 Å². The van der Waals surface area contributed by atoms with Crippen molar-refractivity contribution in [2.75, 3.05) is 18.2 Å². The Labute approximate surface area is 151 Å². The molecule has 1 aromatic heterocycles. The fraction of sp³-hybridized carbons (Fsp3) is 0.353. The summed E-state index contributed by atoms with van der Waals surface area (Å²) in [5.74, 6) is -0.961. The summed E-state index contributed by atoms with van der Waals surface area (Å²) < 4.78 is 33.2. The predicted octanol–water partition coefficient (Wildman–Crippen LogP) is 2.31. The van der Waals surface area contributed by atoms with Crippen LogP contribution in [0.3, 0.4) is 0 Å². The zero-order valence-electron chi connectivity index (χ0n) is 14.9. The quantitative estimate of drug-likeness (QED) is 0.764. The van der Waals surface area contributed by atoms with Gasteiger partial charge in [0.05, 0.1) is 10.6 Å². The number of amides is 1. The highest BCUT2D eigenvalue weighted by molar-refractivity contribution is 7.90. The molecule has 0 radical (unpaired) electrons. The molecule has 0 aliphatic carbocycles. The zero-order valence-corrected chi connectivity index (χ0v) is 15.7. The minimum absolute atomic E-state index is 0.0636. The molecule has 0 aliphatic heterocycles. The molecular formula is C17H20N2O6S. The van der Waals surface area contributed by atoms with Crippen molar-refractivity contribution in [3.8, 4) is 0 Å². The lowest BCUT2D eigenvalue weighted by atomic mass is 10.1. The number of hydrogen-bond donors (Lipinski definition) is 1. The van der Waals surface area contributed by atoms with Gasteiger partial charge in [0.1, 0.15) is 5.56 Å². The Bertz CT molecular complexity index is 930. The second-order valence-electron chi connectivity index (χ2n) is 6.09. The molecule has 0 bridgehead atoms. The topological polar surface area (TPSA) is 116 Å². The minimum atomic E-state index is -3.39. The number of carbonyl (C=O) groups is 2. The summed E-state index contributed by atoms with van der Waals surface area (Å²) >= 11 is 0. The van der Waals surface area contributed by atoms with Crippen LogP contribution in [0.2, 0.25) is 0 Å². The number of ether oxygens (including phenoxy) is 1. The number of aromatic nitrogens is 1. The van der Waals surface area contributed by atoms with Crippen LogP contribution in [0.4, 0.5) is 5.69 Å². The molecule has 0 aliphatic rings. The summed E-state index contributed by atoms with van der Waals surface area (Å²) in [6, 6.07) is 5.80. The molecule has 9 heteroatoms. The number of nitrogens with one attached hydrogen (secondary N) is 1. The van der Waals surface area contributed by atoms with Crippen LogP contribution in [0, 0.1) is 6.92 Å². The van der Waals surface area contributed by atoms with E-state index in [-0.39, 0.29) is 22.1 Å². The van der Waals surface area contributed by atoms with Crippen molar-refractivity contribution in [2.45, 2.75) is 31.6 Å². The summed E-state index contributed by atoms with van der Waals surface area (Å²) in [4.78, 5) is 24.3. The molecule has 0 fully saturated rings. The van der Waals surface area contributed by atoms with E-state index >= 15 is 0 Å². The van der Waals surface area contributed by atoms with Crippen molar-refractivity contribution in [1.82, 2.24) is 5.16 Å². The van der Waals surface area contributed by atoms with Gasteiger partial charge in [-0.3, -0.25) is 4.79 Å². The van der Waals surface area contributed by atoms with Gasteiger partial charge < -0.3 is 14.6 Å². The lowest BCUT2D eigenvalue weighted by molar-refractivity contribution is -0.119. The lowest BCUT2D eigenvalue weighted by Gasteiger charge is -2.08. The number of benzene rings is 1. The van der Waals surface area contributed by atoms with Gasteiger partial charge in [0.15, 0.2) is 22.2 Å². The van der Waals surface area contributed by atoms with E-state index in [4.69, 9.17) is 9.26 Å². The van der Waals surface area contributed by atoms with Crippen molar-refractivity contribution in [2.24, 2.45) is 0 Å². The summed E-state index contributed by atoms with van der Waals surface area (Å²) in [7, 11) is -3.39. The molecule has 140 valence electrons. The van der Waals surface area contributed by atoms with Gasteiger partial charge in [0, 0.05) is 17.9 Å². The first-order valence-electron chi connectivity index (χ1n) is 7.83. The molecule has 2 aromatic rings. The van der Waals surface area contributed by atoms with Crippen molar-refractivity contribution in [3.63, 3.8) is 0 Å². The fourth-order valence-corrected chi connectivity index (χ4v) is 2.90. The summed E-state index contributed by atoms with van der Waals surface area (Å²) in [5.41, 5.74) is 0.893. The van der Waals surface area contributed by atoms with Gasteiger partial charge in [0.25, 0.3) is 5.91 Å². The van der Waals surface area contributed by atoms with E-state index in [1.54, 1.807) is 6.92 Å². The third kappa shape index (κ3) is 4.69. The monoisotopic (exact) mass is 380 g/mol. The number of anilines is 1. The fourth-order valence-electron chi connectivity index (χ4n) is 2.23. The third-order valence-electron chi connectivity index (χ3n) is 3.50. The maximum Gasteiger partial charge on any atom is 0.344 e. The van der Waals surface area contributed by atoms with Gasteiger partial charge in [-0.05, 0) is 25.1 Å². The first-order chi connectivity index (χ1) is 12.1. The Balaban J connectivity index is 2.02.